The van der Waals surface area contributed by atoms with Gasteiger partial charge in [-0.15, -0.1) is 17.9 Å². The van der Waals surface area contributed by atoms with Gasteiger partial charge in [-0.05, 0) is 35.0 Å². The van der Waals surface area contributed by atoms with Crippen molar-refractivity contribution < 1.29 is 0 Å². The number of anilines is 1. The summed E-state index contributed by atoms with van der Waals surface area (Å²) in [6.07, 6.45) is 3.25. The van der Waals surface area contributed by atoms with Crippen molar-refractivity contribution in [3.05, 3.63) is 55.0 Å². The van der Waals surface area contributed by atoms with Gasteiger partial charge in [0.25, 0.3) is 5.56 Å². The smallest absolute Gasteiger partial charge is 0.283 e. The van der Waals surface area contributed by atoms with Crippen LogP contribution in [0.4, 0.5) is 5.69 Å². The van der Waals surface area contributed by atoms with Gasteiger partial charge in [0, 0.05) is 4.88 Å². The Bertz CT molecular complexity index is 682. The van der Waals surface area contributed by atoms with E-state index in [1.807, 2.05) is 19.1 Å². The van der Waals surface area contributed by atoms with E-state index in [-0.39, 0.29) is 11.6 Å². The summed E-state index contributed by atoms with van der Waals surface area (Å²) in [5.41, 5.74) is 0.471. The zero-order chi connectivity index (χ0) is 14.7. The Morgan fingerprint density at radius 3 is 3.00 bits per heavy atom. The Hall–Kier alpha value is -1.11. The molecule has 0 bridgehead atoms. The molecule has 0 aliphatic carbocycles. The lowest BCUT2D eigenvalue weighted by Gasteiger charge is -2.15. The molecule has 0 spiro atoms. The van der Waals surface area contributed by atoms with Crippen molar-refractivity contribution in [2.24, 2.45) is 0 Å². The number of rotatable bonds is 5. The minimum Gasteiger partial charge on any atom is -0.375 e. The van der Waals surface area contributed by atoms with Gasteiger partial charge < -0.3 is 5.32 Å². The summed E-state index contributed by atoms with van der Waals surface area (Å²) < 4.78 is 2.55. The summed E-state index contributed by atoms with van der Waals surface area (Å²) in [4.78, 5) is 13.1. The zero-order valence-electron chi connectivity index (χ0n) is 10.8. The molecule has 106 valence electrons. The van der Waals surface area contributed by atoms with E-state index in [0.29, 0.717) is 16.7 Å². The summed E-state index contributed by atoms with van der Waals surface area (Å²) in [6.45, 7) is 5.98. The van der Waals surface area contributed by atoms with Gasteiger partial charge >= 0.3 is 0 Å². The van der Waals surface area contributed by atoms with E-state index in [1.54, 1.807) is 12.3 Å². The summed E-state index contributed by atoms with van der Waals surface area (Å²) in [6, 6.07) is 3.86. The first kappa shape index (κ1) is 15.3. The van der Waals surface area contributed by atoms with Gasteiger partial charge in [0.05, 0.1) is 28.8 Å². The van der Waals surface area contributed by atoms with E-state index in [2.05, 4.69) is 32.9 Å². The number of nitrogens with one attached hydrogen (secondary N) is 1. The summed E-state index contributed by atoms with van der Waals surface area (Å²) in [5.74, 6) is 0. The molecule has 0 aromatic carbocycles. The van der Waals surface area contributed by atoms with Crippen molar-refractivity contribution in [1.82, 2.24) is 9.78 Å². The molecule has 0 radical (unpaired) electrons. The molecule has 2 heterocycles. The van der Waals surface area contributed by atoms with Crippen molar-refractivity contribution >= 4 is 44.6 Å². The minimum absolute atomic E-state index is 0.0419. The molecule has 2 rings (SSSR count). The average Bonchev–Trinajstić information content (AvgIpc) is 2.85. The molecule has 0 saturated carbocycles. The fourth-order valence-corrected chi connectivity index (χ4v) is 3.17. The maximum Gasteiger partial charge on any atom is 0.283 e. The van der Waals surface area contributed by atoms with Gasteiger partial charge in [0.1, 0.15) is 4.47 Å². The van der Waals surface area contributed by atoms with Crippen LogP contribution in [0.2, 0.25) is 4.34 Å². The normalized spacial score (nSPS) is 12.2. The van der Waals surface area contributed by atoms with Crippen LogP contribution in [0.25, 0.3) is 0 Å². The van der Waals surface area contributed by atoms with Gasteiger partial charge in [-0.3, -0.25) is 4.79 Å². The van der Waals surface area contributed by atoms with Crippen LogP contribution in [0, 0.1) is 0 Å². The van der Waals surface area contributed by atoms with Crippen molar-refractivity contribution in [3.8, 4) is 0 Å². The molecule has 1 unspecified atom stereocenters. The van der Waals surface area contributed by atoms with E-state index in [0.717, 1.165) is 9.21 Å². The second kappa shape index (κ2) is 6.56. The van der Waals surface area contributed by atoms with E-state index in [9.17, 15) is 4.79 Å². The van der Waals surface area contributed by atoms with Gasteiger partial charge in [-0.1, -0.05) is 17.7 Å². The van der Waals surface area contributed by atoms with Crippen LogP contribution >= 0.6 is 38.9 Å². The molecule has 0 saturated heterocycles. The fraction of sp³-hybridized carbons (Fsp3) is 0.231. The van der Waals surface area contributed by atoms with E-state index in [4.69, 9.17) is 11.6 Å². The molecular weight excluding hydrogens is 362 g/mol. The van der Waals surface area contributed by atoms with Crippen molar-refractivity contribution in [2.75, 3.05) is 5.32 Å². The molecule has 0 fully saturated rings. The molecule has 1 N–H and O–H groups in total. The second-order valence-electron chi connectivity index (χ2n) is 4.16. The highest BCUT2D eigenvalue weighted by molar-refractivity contribution is 9.10. The Balaban J connectivity index is 2.24. The molecule has 1 atom stereocenters. The number of hydrogen-bond acceptors (Lipinski definition) is 4. The third-order valence-electron chi connectivity index (χ3n) is 2.68. The van der Waals surface area contributed by atoms with Crippen molar-refractivity contribution in [2.45, 2.75) is 19.5 Å². The summed E-state index contributed by atoms with van der Waals surface area (Å²) in [5, 5.41) is 7.35. The molecule has 7 heteroatoms. The highest BCUT2D eigenvalue weighted by Gasteiger charge is 2.13. The van der Waals surface area contributed by atoms with Crippen LogP contribution in [-0.2, 0) is 6.54 Å². The topological polar surface area (TPSA) is 46.9 Å². The maximum atomic E-state index is 12.0. The molecule has 0 aliphatic rings. The predicted octanol–water partition coefficient (Wildman–Crippen LogP) is 4.08. The monoisotopic (exact) mass is 373 g/mol. The Morgan fingerprint density at radius 1 is 1.65 bits per heavy atom. The minimum atomic E-state index is -0.189. The SMILES string of the molecule is C=CCn1ncc(NC(C)c2ccc(Cl)s2)c(Br)c1=O. The quantitative estimate of drug-likeness (QED) is 0.802. The first-order valence-corrected chi connectivity index (χ1v) is 7.90. The highest BCUT2D eigenvalue weighted by atomic mass is 79.9. The molecule has 2 aromatic heterocycles. The van der Waals surface area contributed by atoms with E-state index < -0.39 is 0 Å². The van der Waals surface area contributed by atoms with Crippen LogP contribution in [0.1, 0.15) is 17.8 Å². The Morgan fingerprint density at radius 2 is 2.40 bits per heavy atom. The first-order chi connectivity index (χ1) is 9.52. The third-order valence-corrected chi connectivity index (χ3v) is 4.86. The second-order valence-corrected chi connectivity index (χ2v) is 6.70. The molecule has 0 aliphatic heterocycles. The number of hydrogen-bond donors (Lipinski definition) is 1. The Labute approximate surface area is 134 Å². The van der Waals surface area contributed by atoms with Crippen molar-refractivity contribution in [1.29, 1.82) is 0 Å². The predicted molar refractivity (Wildman–Crippen MR) is 87.8 cm³/mol. The summed E-state index contributed by atoms with van der Waals surface area (Å²) >= 11 is 10.7. The van der Waals surface area contributed by atoms with Crippen LogP contribution in [0.15, 0.2) is 40.3 Å². The van der Waals surface area contributed by atoms with Gasteiger partial charge in [0.15, 0.2) is 0 Å². The Kier molecular flexibility index (Phi) is 5.01. The number of aromatic nitrogens is 2. The largest absolute Gasteiger partial charge is 0.375 e. The molecule has 4 nitrogen and oxygen atoms in total. The number of halogens is 2. The lowest BCUT2D eigenvalue weighted by Crippen LogP contribution is -2.24. The van der Waals surface area contributed by atoms with Crippen LogP contribution < -0.4 is 10.9 Å². The van der Waals surface area contributed by atoms with E-state index >= 15 is 0 Å². The maximum absolute atomic E-state index is 12.0. The number of nitrogens with zero attached hydrogens (tertiary/aromatic N) is 2. The standard InChI is InChI=1S/C13H13BrClN3OS/c1-3-6-18-13(19)12(14)9(7-16-18)17-8(2)10-4-5-11(15)20-10/h3-5,7-8,17H,1,6H2,2H3. The number of thiophene rings is 1. The van der Waals surface area contributed by atoms with Gasteiger partial charge in [-0.25, -0.2) is 4.68 Å². The van der Waals surface area contributed by atoms with Gasteiger partial charge in [-0.2, -0.15) is 5.10 Å². The fourth-order valence-electron chi connectivity index (χ4n) is 1.68. The van der Waals surface area contributed by atoms with Gasteiger partial charge in [0.2, 0.25) is 0 Å². The lowest BCUT2D eigenvalue weighted by molar-refractivity contribution is 0.648. The third kappa shape index (κ3) is 3.31. The van der Waals surface area contributed by atoms with E-state index in [1.165, 1.54) is 16.0 Å². The van der Waals surface area contributed by atoms with Crippen molar-refractivity contribution in [3.63, 3.8) is 0 Å². The zero-order valence-corrected chi connectivity index (χ0v) is 13.9. The molecule has 20 heavy (non-hydrogen) atoms. The highest BCUT2D eigenvalue weighted by Crippen LogP contribution is 2.30. The average molecular weight is 375 g/mol. The van der Waals surface area contributed by atoms with Crippen LogP contribution in [0.3, 0.4) is 0 Å². The van der Waals surface area contributed by atoms with Crippen LogP contribution in [0.5, 0.6) is 0 Å². The van der Waals surface area contributed by atoms with Crippen LogP contribution in [-0.4, -0.2) is 9.78 Å². The molecule has 0 amide bonds. The molecular formula is C13H13BrClN3OS. The first-order valence-electron chi connectivity index (χ1n) is 5.91. The summed E-state index contributed by atoms with van der Waals surface area (Å²) in [7, 11) is 0. The number of allylic oxidation sites excluding steroid dienone is 1. The molecule has 2 aromatic rings. The lowest BCUT2D eigenvalue weighted by atomic mass is 10.2.